The maximum atomic E-state index is 11.6. The second-order valence-electron chi connectivity index (χ2n) is 3.86. The van der Waals surface area contributed by atoms with E-state index in [1.54, 1.807) is 13.0 Å². The summed E-state index contributed by atoms with van der Waals surface area (Å²) in [5, 5.41) is 11.0. The number of carbonyl (C=O) groups excluding carboxylic acids is 1. The summed E-state index contributed by atoms with van der Waals surface area (Å²) in [4.78, 5) is 22.0. The fourth-order valence-corrected chi connectivity index (χ4v) is 1.55. The summed E-state index contributed by atoms with van der Waals surface area (Å²) in [7, 11) is 1.21. The van der Waals surface area contributed by atoms with Crippen LogP contribution in [0.3, 0.4) is 0 Å². The number of hydrogen-bond acceptors (Lipinski definition) is 5. The SMILES string of the molecule is C=CCC(C)Oc1c(C(=O)OC)cccc1[N+](=O)[O-]. The highest BCUT2D eigenvalue weighted by Crippen LogP contribution is 2.32. The summed E-state index contributed by atoms with van der Waals surface area (Å²) in [5.41, 5.74) is -0.230. The van der Waals surface area contributed by atoms with Gasteiger partial charge in [-0.25, -0.2) is 4.79 Å². The Morgan fingerprint density at radius 2 is 2.26 bits per heavy atom. The first-order valence-corrected chi connectivity index (χ1v) is 5.64. The van der Waals surface area contributed by atoms with Crippen molar-refractivity contribution < 1.29 is 19.2 Å². The van der Waals surface area contributed by atoms with E-state index in [9.17, 15) is 14.9 Å². The van der Waals surface area contributed by atoms with Gasteiger partial charge in [-0.15, -0.1) is 6.58 Å². The van der Waals surface area contributed by atoms with Crippen molar-refractivity contribution >= 4 is 11.7 Å². The van der Waals surface area contributed by atoms with Crippen LogP contribution in [0.2, 0.25) is 0 Å². The van der Waals surface area contributed by atoms with Crippen molar-refractivity contribution in [3.8, 4) is 5.75 Å². The van der Waals surface area contributed by atoms with E-state index < -0.39 is 10.9 Å². The lowest BCUT2D eigenvalue weighted by molar-refractivity contribution is -0.386. The average molecular weight is 265 g/mol. The van der Waals surface area contributed by atoms with Crippen LogP contribution in [0.1, 0.15) is 23.7 Å². The summed E-state index contributed by atoms with van der Waals surface area (Å²) in [5.74, 6) is -0.752. The third-order valence-corrected chi connectivity index (χ3v) is 2.41. The summed E-state index contributed by atoms with van der Waals surface area (Å²) in [6.45, 7) is 5.30. The van der Waals surface area contributed by atoms with E-state index in [4.69, 9.17) is 4.74 Å². The zero-order valence-corrected chi connectivity index (χ0v) is 10.8. The number of carbonyl (C=O) groups is 1. The Kier molecular flexibility index (Phi) is 5.05. The molecule has 0 heterocycles. The summed E-state index contributed by atoms with van der Waals surface area (Å²) < 4.78 is 10.1. The first-order valence-electron chi connectivity index (χ1n) is 5.64. The molecule has 1 atom stereocenters. The van der Waals surface area contributed by atoms with E-state index in [1.807, 2.05) is 0 Å². The topological polar surface area (TPSA) is 78.7 Å². The Labute approximate surface area is 110 Å². The molecule has 0 radical (unpaired) electrons. The molecule has 1 rings (SSSR count). The summed E-state index contributed by atoms with van der Waals surface area (Å²) in [6.07, 6.45) is 1.81. The normalized spacial score (nSPS) is 11.5. The number of rotatable bonds is 6. The molecule has 0 spiro atoms. The highest BCUT2D eigenvalue weighted by atomic mass is 16.6. The van der Waals surface area contributed by atoms with Gasteiger partial charge >= 0.3 is 11.7 Å². The van der Waals surface area contributed by atoms with Crippen molar-refractivity contribution in [3.05, 3.63) is 46.5 Å². The molecule has 0 bridgehead atoms. The van der Waals surface area contributed by atoms with Crippen LogP contribution in [0.4, 0.5) is 5.69 Å². The molecule has 6 heteroatoms. The van der Waals surface area contributed by atoms with Crippen LogP contribution in [0.25, 0.3) is 0 Å². The number of ether oxygens (including phenoxy) is 2. The predicted octanol–water partition coefficient (Wildman–Crippen LogP) is 2.72. The average Bonchev–Trinajstić information content (AvgIpc) is 2.38. The molecule has 0 fully saturated rings. The van der Waals surface area contributed by atoms with E-state index in [1.165, 1.54) is 25.3 Å². The van der Waals surface area contributed by atoms with Crippen molar-refractivity contribution in [2.75, 3.05) is 7.11 Å². The molecule has 0 saturated carbocycles. The van der Waals surface area contributed by atoms with Gasteiger partial charge in [0.25, 0.3) is 0 Å². The Balaban J connectivity index is 3.25. The van der Waals surface area contributed by atoms with Gasteiger partial charge in [0.1, 0.15) is 5.56 Å². The minimum Gasteiger partial charge on any atom is -0.483 e. The number of benzene rings is 1. The smallest absolute Gasteiger partial charge is 0.341 e. The summed E-state index contributed by atoms with van der Waals surface area (Å²) in [6, 6.07) is 4.12. The zero-order chi connectivity index (χ0) is 14.4. The van der Waals surface area contributed by atoms with E-state index in [2.05, 4.69) is 11.3 Å². The second-order valence-corrected chi connectivity index (χ2v) is 3.86. The summed E-state index contributed by atoms with van der Waals surface area (Å²) >= 11 is 0. The van der Waals surface area contributed by atoms with Gasteiger partial charge in [0, 0.05) is 12.5 Å². The molecular weight excluding hydrogens is 250 g/mol. The number of nitrogens with zero attached hydrogens (tertiary/aromatic N) is 1. The number of esters is 1. The van der Waals surface area contributed by atoms with Crippen LogP contribution in [-0.2, 0) is 4.74 Å². The monoisotopic (exact) mass is 265 g/mol. The van der Waals surface area contributed by atoms with E-state index in [0.29, 0.717) is 6.42 Å². The standard InChI is InChI=1S/C13H15NO5/c1-4-6-9(2)19-12-10(13(15)18-3)7-5-8-11(12)14(16)17/h4-5,7-9H,1,6H2,2-3H3. The van der Waals surface area contributed by atoms with Crippen LogP contribution in [0, 0.1) is 10.1 Å². The van der Waals surface area contributed by atoms with E-state index in [-0.39, 0.29) is 23.1 Å². The van der Waals surface area contributed by atoms with Gasteiger partial charge in [0.15, 0.2) is 0 Å². The fraction of sp³-hybridized carbons (Fsp3) is 0.308. The van der Waals surface area contributed by atoms with Crippen LogP contribution in [0.5, 0.6) is 5.75 Å². The lowest BCUT2D eigenvalue weighted by Gasteiger charge is -2.15. The molecule has 0 N–H and O–H groups in total. The van der Waals surface area contributed by atoms with Gasteiger partial charge in [0.05, 0.1) is 18.1 Å². The minimum absolute atomic E-state index is 0.0348. The molecule has 1 unspecified atom stereocenters. The molecule has 1 aromatic carbocycles. The first kappa shape index (κ1) is 14.7. The molecular formula is C13H15NO5. The maximum absolute atomic E-state index is 11.6. The van der Waals surface area contributed by atoms with E-state index >= 15 is 0 Å². The fourth-order valence-electron chi connectivity index (χ4n) is 1.55. The molecule has 0 saturated heterocycles. The quantitative estimate of drug-likeness (QED) is 0.342. The Hall–Kier alpha value is -2.37. The maximum Gasteiger partial charge on any atom is 0.341 e. The van der Waals surface area contributed by atoms with Gasteiger partial charge in [-0.3, -0.25) is 10.1 Å². The van der Waals surface area contributed by atoms with Crippen LogP contribution < -0.4 is 4.74 Å². The molecule has 102 valence electrons. The third-order valence-electron chi connectivity index (χ3n) is 2.41. The largest absolute Gasteiger partial charge is 0.483 e. The number of para-hydroxylation sites is 1. The molecule has 19 heavy (non-hydrogen) atoms. The van der Waals surface area contributed by atoms with Gasteiger partial charge < -0.3 is 9.47 Å². The Bertz CT molecular complexity index is 498. The van der Waals surface area contributed by atoms with E-state index in [0.717, 1.165) is 0 Å². The van der Waals surface area contributed by atoms with Crippen LogP contribution in [0.15, 0.2) is 30.9 Å². The molecule has 0 aliphatic heterocycles. The lowest BCUT2D eigenvalue weighted by atomic mass is 10.1. The number of nitro benzene ring substituents is 1. The molecule has 0 aliphatic carbocycles. The molecule has 6 nitrogen and oxygen atoms in total. The molecule has 1 aromatic rings. The van der Waals surface area contributed by atoms with Gasteiger partial charge in [-0.05, 0) is 13.0 Å². The highest BCUT2D eigenvalue weighted by Gasteiger charge is 2.25. The third kappa shape index (κ3) is 3.54. The van der Waals surface area contributed by atoms with Crippen molar-refractivity contribution in [2.24, 2.45) is 0 Å². The zero-order valence-electron chi connectivity index (χ0n) is 10.8. The Morgan fingerprint density at radius 3 is 2.79 bits per heavy atom. The number of methoxy groups -OCH3 is 1. The molecule has 0 aliphatic rings. The molecule has 0 amide bonds. The predicted molar refractivity (Wildman–Crippen MR) is 69.3 cm³/mol. The minimum atomic E-state index is -0.676. The van der Waals surface area contributed by atoms with Gasteiger partial charge in [-0.2, -0.15) is 0 Å². The van der Waals surface area contributed by atoms with Crippen LogP contribution in [-0.4, -0.2) is 24.1 Å². The highest BCUT2D eigenvalue weighted by molar-refractivity contribution is 5.94. The van der Waals surface area contributed by atoms with Crippen molar-refractivity contribution in [1.29, 1.82) is 0 Å². The van der Waals surface area contributed by atoms with Crippen LogP contribution >= 0.6 is 0 Å². The Morgan fingerprint density at radius 1 is 1.58 bits per heavy atom. The first-order chi connectivity index (χ1) is 9.01. The number of hydrogen-bond donors (Lipinski definition) is 0. The lowest BCUT2D eigenvalue weighted by Crippen LogP contribution is -2.15. The van der Waals surface area contributed by atoms with Crippen molar-refractivity contribution in [2.45, 2.75) is 19.4 Å². The van der Waals surface area contributed by atoms with Crippen molar-refractivity contribution in [1.82, 2.24) is 0 Å². The molecule has 0 aromatic heterocycles. The number of nitro groups is 1. The second kappa shape index (κ2) is 6.53. The van der Waals surface area contributed by atoms with Gasteiger partial charge in [0.2, 0.25) is 5.75 Å². The van der Waals surface area contributed by atoms with Gasteiger partial charge in [-0.1, -0.05) is 12.1 Å². The van der Waals surface area contributed by atoms with Crippen molar-refractivity contribution in [3.63, 3.8) is 0 Å².